The van der Waals surface area contributed by atoms with E-state index in [1.807, 2.05) is 42.3 Å². The molecule has 0 fully saturated rings. The Morgan fingerprint density at radius 2 is 1.86 bits per heavy atom. The number of nitrogens with zero attached hydrogens (tertiary/aromatic N) is 1. The maximum atomic E-state index is 12.6. The van der Waals surface area contributed by atoms with Gasteiger partial charge in [0, 0.05) is 25.8 Å². The van der Waals surface area contributed by atoms with Gasteiger partial charge in [-0.05, 0) is 23.6 Å². The molecule has 0 radical (unpaired) electrons. The van der Waals surface area contributed by atoms with Crippen molar-refractivity contribution in [2.45, 2.75) is 13.0 Å². The molecule has 1 unspecified atom stereocenters. The molecule has 1 aliphatic heterocycles. The van der Waals surface area contributed by atoms with Crippen LogP contribution in [0.2, 0.25) is 0 Å². The van der Waals surface area contributed by atoms with E-state index >= 15 is 0 Å². The highest BCUT2D eigenvalue weighted by molar-refractivity contribution is 5.80. The van der Waals surface area contributed by atoms with Gasteiger partial charge in [0.15, 0.2) is 0 Å². The molecule has 3 nitrogen and oxygen atoms in total. The third kappa shape index (κ3) is 3.07. The number of hydrogen-bond acceptors (Lipinski definition) is 2. The van der Waals surface area contributed by atoms with Crippen molar-refractivity contribution in [2.24, 2.45) is 5.92 Å². The summed E-state index contributed by atoms with van der Waals surface area (Å²) < 4.78 is 0. The molecule has 0 aromatic heterocycles. The molecule has 1 N–H and O–H groups in total. The van der Waals surface area contributed by atoms with Crippen molar-refractivity contribution in [3.05, 3.63) is 65.7 Å². The first kappa shape index (κ1) is 13.7. The first-order valence-electron chi connectivity index (χ1n) is 7.35. The zero-order valence-corrected chi connectivity index (χ0v) is 12.3. The third-order valence-corrected chi connectivity index (χ3v) is 4.01. The van der Waals surface area contributed by atoms with E-state index in [0.29, 0.717) is 6.54 Å². The zero-order valence-electron chi connectivity index (χ0n) is 12.3. The number of carbonyl (C=O) groups excluding carboxylic acids is 1. The topological polar surface area (TPSA) is 32.3 Å². The van der Waals surface area contributed by atoms with Crippen molar-refractivity contribution < 1.29 is 4.79 Å². The molecule has 3 heteroatoms. The van der Waals surface area contributed by atoms with Gasteiger partial charge in [-0.3, -0.25) is 4.79 Å². The Balaban J connectivity index is 1.66. The number of amides is 1. The van der Waals surface area contributed by atoms with Crippen molar-refractivity contribution in [1.82, 2.24) is 4.90 Å². The average Bonchev–Trinajstić information content (AvgIpc) is 2.54. The number of benzene rings is 2. The van der Waals surface area contributed by atoms with Gasteiger partial charge in [-0.15, -0.1) is 0 Å². The third-order valence-electron chi connectivity index (χ3n) is 4.01. The predicted octanol–water partition coefficient (Wildman–Crippen LogP) is 2.93. The Morgan fingerprint density at radius 3 is 2.67 bits per heavy atom. The van der Waals surface area contributed by atoms with Crippen LogP contribution in [0.25, 0.3) is 0 Å². The highest BCUT2D eigenvalue weighted by Crippen LogP contribution is 2.25. The molecule has 1 atom stereocenters. The Morgan fingerprint density at radius 1 is 1.14 bits per heavy atom. The highest BCUT2D eigenvalue weighted by atomic mass is 16.2. The van der Waals surface area contributed by atoms with Gasteiger partial charge in [0.1, 0.15) is 0 Å². The van der Waals surface area contributed by atoms with Gasteiger partial charge in [0.25, 0.3) is 0 Å². The molecule has 0 aliphatic carbocycles. The molecule has 1 amide bonds. The molecule has 0 bridgehead atoms. The summed E-state index contributed by atoms with van der Waals surface area (Å²) in [5.41, 5.74) is 3.56. The van der Waals surface area contributed by atoms with Crippen LogP contribution < -0.4 is 5.32 Å². The van der Waals surface area contributed by atoms with Gasteiger partial charge >= 0.3 is 0 Å². The van der Waals surface area contributed by atoms with Gasteiger partial charge in [-0.2, -0.15) is 0 Å². The summed E-state index contributed by atoms with van der Waals surface area (Å²) in [5, 5.41) is 3.36. The van der Waals surface area contributed by atoms with E-state index in [-0.39, 0.29) is 11.8 Å². The molecule has 2 aromatic rings. The predicted molar refractivity (Wildman–Crippen MR) is 85.0 cm³/mol. The van der Waals surface area contributed by atoms with Crippen LogP contribution in [0.5, 0.6) is 0 Å². The first-order valence-corrected chi connectivity index (χ1v) is 7.35. The fraction of sp³-hybridized carbons (Fsp3) is 0.278. The molecule has 0 saturated heterocycles. The molecule has 108 valence electrons. The number of hydrogen-bond donors (Lipinski definition) is 1. The quantitative estimate of drug-likeness (QED) is 0.937. The van der Waals surface area contributed by atoms with E-state index < -0.39 is 0 Å². The molecule has 0 saturated carbocycles. The summed E-state index contributed by atoms with van der Waals surface area (Å²) >= 11 is 0. The monoisotopic (exact) mass is 280 g/mol. The van der Waals surface area contributed by atoms with Gasteiger partial charge < -0.3 is 10.2 Å². The lowest BCUT2D eigenvalue weighted by molar-refractivity contribution is -0.134. The molecule has 1 aliphatic rings. The number of nitrogens with one attached hydrogen (secondary N) is 1. The smallest absolute Gasteiger partial charge is 0.227 e. The molecule has 2 aromatic carbocycles. The zero-order chi connectivity index (χ0) is 14.7. The van der Waals surface area contributed by atoms with Crippen LogP contribution in [0.3, 0.4) is 0 Å². The second kappa shape index (κ2) is 6.00. The summed E-state index contributed by atoms with van der Waals surface area (Å²) in [6.45, 7) is 1.38. The van der Waals surface area contributed by atoms with Gasteiger partial charge in [0.05, 0.1) is 5.92 Å². The van der Waals surface area contributed by atoms with Gasteiger partial charge in [-0.25, -0.2) is 0 Å². The highest BCUT2D eigenvalue weighted by Gasteiger charge is 2.26. The molecule has 1 heterocycles. The number of fused-ring (bicyclic) bond motifs is 1. The van der Waals surface area contributed by atoms with E-state index in [0.717, 1.165) is 24.2 Å². The van der Waals surface area contributed by atoms with E-state index in [1.165, 1.54) is 5.56 Å². The molecular weight excluding hydrogens is 260 g/mol. The SMILES string of the molecule is CN(Cc1ccccc1)C(=O)C1CNc2ccccc2C1. The standard InChI is InChI=1S/C18H20N2O/c1-20(13-14-7-3-2-4-8-14)18(21)16-11-15-9-5-6-10-17(15)19-12-16/h2-10,16,19H,11-13H2,1H3. The maximum absolute atomic E-state index is 12.6. The van der Waals surface area contributed by atoms with Gasteiger partial charge in [-0.1, -0.05) is 48.5 Å². The second-order valence-electron chi connectivity index (χ2n) is 5.62. The molecule has 0 spiro atoms. The summed E-state index contributed by atoms with van der Waals surface area (Å²) in [6, 6.07) is 18.3. The van der Waals surface area contributed by atoms with Gasteiger partial charge in [0.2, 0.25) is 5.91 Å². The first-order chi connectivity index (χ1) is 10.2. The van der Waals surface area contributed by atoms with Crippen LogP contribution in [-0.4, -0.2) is 24.4 Å². The average molecular weight is 280 g/mol. The second-order valence-corrected chi connectivity index (χ2v) is 5.62. The van der Waals surface area contributed by atoms with Crippen LogP contribution in [-0.2, 0) is 17.8 Å². The largest absolute Gasteiger partial charge is 0.384 e. The van der Waals surface area contributed by atoms with Crippen LogP contribution in [0, 0.1) is 5.92 Å². The lowest BCUT2D eigenvalue weighted by Gasteiger charge is -2.29. The van der Waals surface area contributed by atoms with Crippen molar-refractivity contribution in [3.8, 4) is 0 Å². The Hall–Kier alpha value is -2.29. The van der Waals surface area contributed by atoms with E-state index in [9.17, 15) is 4.79 Å². The minimum absolute atomic E-state index is 0.0219. The van der Waals surface area contributed by atoms with Crippen molar-refractivity contribution in [1.29, 1.82) is 0 Å². The maximum Gasteiger partial charge on any atom is 0.227 e. The summed E-state index contributed by atoms with van der Waals surface area (Å²) in [7, 11) is 1.88. The van der Waals surface area contributed by atoms with Crippen molar-refractivity contribution >= 4 is 11.6 Å². The van der Waals surface area contributed by atoms with E-state index in [2.05, 4.69) is 29.6 Å². The van der Waals surface area contributed by atoms with Crippen LogP contribution in [0.1, 0.15) is 11.1 Å². The van der Waals surface area contributed by atoms with Crippen molar-refractivity contribution in [2.75, 3.05) is 18.9 Å². The Bertz CT molecular complexity index is 624. The van der Waals surface area contributed by atoms with E-state index in [1.54, 1.807) is 0 Å². The number of carbonyl (C=O) groups is 1. The summed E-state index contributed by atoms with van der Waals surface area (Å²) in [5.74, 6) is 0.231. The minimum Gasteiger partial charge on any atom is -0.384 e. The number of rotatable bonds is 3. The normalized spacial score (nSPS) is 16.7. The fourth-order valence-corrected chi connectivity index (χ4v) is 2.86. The van der Waals surface area contributed by atoms with Crippen LogP contribution in [0.15, 0.2) is 54.6 Å². The Labute approximate surface area is 125 Å². The van der Waals surface area contributed by atoms with Crippen LogP contribution >= 0.6 is 0 Å². The lowest BCUT2D eigenvalue weighted by Crippen LogP contribution is -2.39. The lowest BCUT2D eigenvalue weighted by atomic mass is 9.93. The summed E-state index contributed by atoms with van der Waals surface area (Å²) in [6.07, 6.45) is 0.821. The number of para-hydroxylation sites is 1. The Kier molecular flexibility index (Phi) is 3.91. The number of anilines is 1. The van der Waals surface area contributed by atoms with Crippen LogP contribution in [0.4, 0.5) is 5.69 Å². The van der Waals surface area contributed by atoms with Crippen molar-refractivity contribution in [3.63, 3.8) is 0 Å². The molecular formula is C18H20N2O. The molecule has 3 rings (SSSR count). The fourth-order valence-electron chi connectivity index (χ4n) is 2.86. The summed E-state index contributed by atoms with van der Waals surface area (Å²) in [4.78, 5) is 14.4. The minimum atomic E-state index is 0.0219. The molecule has 21 heavy (non-hydrogen) atoms. The van der Waals surface area contributed by atoms with E-state index in [4.69, 9.17) is 0 Å².